The van der Waals surface area contributed by atoms with Crippen molar-refractivity contribution in [1.29, 1.82) is 0 Å². The highest BCUT2D eigenvalue weighted by molar-refractivity contribution is 5.43. The highest BCUT2D eigenvalue weighted by Gasteiger charge is 2.13. The molecule has 1 aromatic carbocycles. The van der Waals surface area contributed by atoms with Crippen molar-refractivity contribution in [3.8, 4) is 5.75 Å². The summed E-state index contributed by atoms with van der Waals surface area (Å²) in [6.45, 7) is 2.16. The van der Waals surface area contributed by atoms with Crippen LogP contribution in [-0.4, -0.2) is 5.11 Å². The topological polar surface area (TPSA) is 20.2 Å². The van der Waals surface area contributed by atoms with Gasteiger partial charge in [-0.25, -0.2) is 0 Å². The Hall–Kier alpha value is -0.980. The zero-order chi connectivity index (χ0) is 9.26. The van der Waals surface area contributed by atoms with Crippen molar-refractivity contribution in [3.63, 3.8) is 0 Å². The van der Waals surface area contributed by atoms with Gasteiger partial charge in [0.2, 0.25) is 0 Å². The van der Waals surface area contributed by atoms with Gasteiger partial charge in [-0.1, -0.05) is 6.92 Å². The van der Waals surface area contributed by atoms with Gasteiger partial charge < -0.3 is 5.11 Å². The Morgan fingerprint density at radius 3 is 2.77 bits per heavy atom. The van der Waals surface area contributed by atoms with E-state index in [0.717, 1.165) is 12.8 Å². The fourth-order valence-corrected chi connectivity index (χ4v) is 2.26. The van der Waals surface area contributed by atoms with E-state index >= 15 is 0 Å². The first-order chi connectivity index (χ1) is 6.31. The molecule has 1 N–H and O–H groups in total. The average Bonchev–Trinajstić information content (AvgIpc) is 2.16. The van der Waals surface area contributed by atoms with Gasteiger partial charge in [-0.05, 0) is 60.9 Å². The molecule has 0 spiro atoms. The summed E-state index contributed by atoms with van der Waals surface area (Å²) in [7, 11) is 0. The van der Waals surface area contributed by atoms with E-state index in [4.69, 9.17) is 0 Å². The maximum absolute atomic E-state index is 9.50. The molecule has 0 unspecified atom stereocenters. The standard InChI is InChI=1S/C12H16O/c1-2-9-7-11(13)8-10-5-3-4-6-12(9)10/h7-8,13H,2-6H2,1H3. The van der Waals surface area contributed by atoms with E-state index in [2.05, 4.69) is 6.92 Å². The van der Waals surface area contributed by atoms with Crippen LogP contribution >= 0.6 is 0 Å². The second-order valence-electron chi connectivity index (χ2n) is 3.80. The molecule has 1 nitrogen and oxygen atoms in total. The van der Waals surface area contributed by atoms with E-state index in [1.807, 2.05) is 12.1 Å². The largest absolute Gasteiger partial charge is 0.508 e. The summed E-state index contributed by atoms with van der Waals surface area (Å²) in [5.74, 6) is 0.442. The minimum absolute atomic E-state index is 0.442. The van der Waals surface area contributed by atoms with Gasteiger partial charge in [0.1, 0.15) is 5.75 Å². The summed E-state index contributed by atoms with van der Waals surface area (Å²) in [6.07, 6.45) is 5.98. The number of hydrogen-bond donors (Lipinski definition) is 1. The number of fused-ring (bicyclic) bond motifs is 1. The van der Waals surface area contributed by atoms with Crippen LogP contribution in [-0.2, 0) is 19.3 Å². The Kier molecular flexibility index (Phi) is 2.26. The molecule has 0 saturated heterocycles. The van der Waals surface area contributed by atoms with Crippen molar-refractivity contribution in [2.75, 3.05) is 0 Å². The second kappa shape index (κ2) is 3.41. The second-order valence-corrected chi connectivity index (χ2v) is 3.80. The minimum atomic E-state index is 0.442. The highest BCUT2D eigenvalue weighted by Crippen LogP contribution is 2.28. The number of hydrogen-bond acceptors (Lipinski definition) is 1. The normalized spacial score (nSPS) is 15.5. The number of aromatic hydroxyl groups is 1. The number of phenolic OH excluding ortho intramolecular Hbond substituents is 1. The van der Waals surface area contributed by atoms with Crippen LogP contribution in [0.5, 0.6) is 5.75 Å². The third-order valence-electron chi connectivity index (χ3n) is 2.92. The first kappa shape index (κ1) is 8.61. The van der Waals surface area contributed by atoms with Crippen LogP contribution in [0.1, 0.15) is 36.5 Å². The van der Waals surface area contributed by atoms with Gasteiger partial charge in [-0.2, -0.15) is 0 Å². The molecule has 0 fully saturated rings. The average molecular weight is 176 g/mol. The van der Waals surface area contributed by atoms with Crippen molar-refractivity contribution in [2.45, 2.75) is 39.0 Å². The fraction of sp³-hybridized carbons (Fsp3) is 0.500. The Labute approximate surface area is 79.4 Å². The molecular formula is C12H16O. The van der Waals surface area contributed by atoms with Gasteiger partial charge in [0.25, 0.3) is 0 Å². The summed E-state index contributed by atoms with van der Waals surface area (Å²) < 4.78 is 0. The molecule has 0 atom stereocenters. The van der Waals surface area contributed by atoms with Crippen LogP contribution in [0.2, 0.25) is 0 Å². The molecule has 70 valence electrons. The van der Waals surface area contributed by atoms with Crippen LogP contribution in [0.3, 0.4) is 0 Å². The number of rotatable bonds is 1. The molecule has 0 aromatic heterocycles. The van der Waals surface area contributed by atoms with Crippen LogP contribution in [0.25, 0.3) is 0 Å². The van der Waals surface area contributed by atoms with E-state index in [1.165, 1.54) is 36.0 Å². The SMILES string of the molecule is CCc1cc(O)cc2c1CCCC2. The summed E-state index contributed by atoms with van der Waals surface area (Å²) in [5.41, 5.74) is 4.23. The van der Waals surface area contributed by atoms with E-state index in [9.17, 15) is 5.11 Å². The molecule has 1 aliphatic carbocycles. The van der Waals surface area contributed by atoms with Gasteiger partial charge >= 0.3 is 0 Å². The summed E-state index contributed by atoms with van der Waals surface area (Å²) >= 11 is 0. The lowest BCUT2D eigenvalue weighted by atomic mass is 9.87. The van der Waals surface area contributed by atoms with Crippen molar-refractivity contribution in [1.82, 2.24) is 0 Å². The lowest BCUT2D eigenvalue weighted by Crippen LogP contribution is -2.05. The Bertz CT molecular complexity index is 298. The minimum Gasteiger partial charge on any atom is -0.508 e. The van der Waals surface area contributed by atoms with Crippen LogP contribution < -0.4 is 0 Å². The number of benzene rings is 1. The van der Waals surface area contributed by atoms with Crippen molar-refractivity contribution in [2.24, 2.45) is 0 Å². The van der Waals surface area contributed by atoms with Crippen molar-refractivity contribution >= 4 is 0 Å². The quantitative estimate of drug-likeness (QED) is 0.697. The Morgan fingerprint density at radius 1 is 1.23 bits per heavy atom. The van der Waals surface area contributed by atoms with E-state index in [0.29, 0.717) is 5.75 Å². The molecule has 13 heavy (non-hydrogen) atoms. The lowest BCUT2D eigenvalue weighted by molar-refractivity contribution is 0.472. The van der Waals surface area contributed by atoms with E-state index < -0.39 is 0 Å². The molecular weight excluding hydrogens is 160 g/mol. The predicted molar refractivity (Wildman–Crippen MR) is 54.1 cm³/mol. The van der Waals surface area contributed by atoms with Gasteiger partial charge in [-0.15, -0.1) is 0 Å². The zero-order valence-corrected chi connectivity index (χ0v) is 8.14. The van der Waals surface area contributed by atoms with Crippen LogP contribution in [0.4, 0.5) is 0 Å². The van der Waals surface area contributed by atoms with Crippen molar-refractivity contribution < 1.29 is 5.11 Å². The van der Waals surface area contributed by atoms with Gasteiger partial charge in [0.15, 0.2) is 0 Å². The van der Waals surface area contributed by atoms with Gasteiger partial charge in [-0.3, -0.25) is 0 Å². The van der Waals surface area contributed by atoms with Crippen LogP contribution in [0.15, 0.2) is 12.1 Å². The molecule has 1 aliphatic rings. The van der Waals surface area contributed by atoms with Gasteiger partial charge in [0.05, 0.1) is 0 Å². The summed E-state index contributed by atoms with van der Waals surface area (Å²) in [6, 6.07) is 3.86. The molecule has 0 saturated carbocycles. The monoisotopic (exact) mass is 176 g/mol. The maximum atomic E-state index is 9.50. The Balaban J connectivity index is 2.50. The molecule has 0 radical (unpaired) electrons. The number of aryl methyl sites for hydroxylation is 2. The molecule has 1 heteroatoms. The molecule has 2 rings (SSSR count). The highest BCUT2D eigenvalue weighted by atomic mass is 16.3. The third-order valence-corrected chi connectivity index (χ3v) is 2.92. The van der Waals surface area contributed by atoms with Gasteiger partial charge in [0, 0.05) is 0 Å². The predicted octanol–water partition coefficient (Wildman–Crippen LogP) is 2.83. The Morgan fingerprint density at radius 2 is 2.00 bits per heavy atom. The first-order valence-electron chi connectivity index (χ1n) is 5.15. The molecule has 0 heterocycles. The molecule has 0 amide bonds. The maximum Gasteiger partial charge on any atom is 0.116 e. The summed E-state index contributed by atoms with van der Waals surface area (Å²) in [5, 5.41) is 9.50. The molecule has 1 aromatic rings. The van der Waals surface area contributed by atoms with Crippen molar-refractivity contribution in [3.05, 3.63) is 28.8 Å². The molecule has 0 aliphatic heterocycles. The smallest absolute Gasteiger partial charge is 0.116 e. The lowest BCUT2D eigenvalue weighted by Gasteiger charge is -2.19. The fourth-order valence-electron chi connectivity index (χ4n) is 2.26. The van der Waals surface area contributed by atoms with E-state index in [1.54, 1.807) is 0 Å². The number of phenols is 1. The summed E-state index contributed by atoms with van der Waals surface area (Å²) in [4.78, 5) is 0. The zero-order valence-electron chi connectivity index (χ0n) is 8.14. The molecule has 0 bridgehead atoms. The van der Waals surface area contributed by atoms with Crippen LogP contribution in [0, 0.1) is 0 Å². The van der Waals surface area contributed by atoms with E-state index in [-0.39, 0.29) is 0 Å². The third kappa shape index (κ3) is 1.55. The first-order valence-corrected chi connectivity index (χ1v) is 5.15.